The molecule has 2 rings (SSSR count). The van der Waals surface area contributed by atoms with E-state index in [1.807, 2.05) is 12.1 Å². The average molecular weight is 230 g/mol. The lowest BCUT2D eigenvalue weighted by molar-refractivity contribution is -0.496. The molecule has 5 nitrogen and oxygen atoms in total. The molecule has 0 aromatic heterocycles. The number of rotatable bonds is 2. The van der Waals surface area contributed by atoms with Gasteiger partial charge in [0.2, 0.25) is 0 Å². The number of nitrogen functional groups attached to an aromatic ring is 3. The van der Waals surface area contributed by atoms with Crippen molar-refractivity contribution in [3.63, 3.8) is 0 Å². The molecule has 0 amide bonds. The molecular formula is C12H14N4O. The minimum Gasteiger partial charge on any atom is -0.630 e. The molecule has 0 unspecified atom stereocenters. The zero-order valence-corrected chi connectivity index (χ0v) is 9.18. The summed E-state index contributed by atoms with van der Waals surface area (Å²) in [6.45, 7) is 0. The fraction of sp³-hybridized carbons (Fsp3) is 0. The molecule has 0 atom stereocenters. The van der Waals surface area contributed by atoms with Crippen molar-refractivity contribution in [3.8, 4) is 11.1 Å². The van der Waals surface area contributed by atoms with Gasteiger partial charge in [-0.25, -0.2) is 0 Å². The normalized spacial score (nSPS) is 10.4. The van der Waals surface area contributed by atoms with Crippen LogP contribution in [0, 0.1) is 5.21 Å². The standard InChI is InChI=1S/C12H14N4O/c13-9-3-1-7(5-10(9)14)8-2-4-12(16-17)11(15)6-8/h1-6H,13-16H2. The largest absolute Gasteiger partial charge is 0.630 e. The Hall–Kier alpha value is -2.24. The van der Waals surface area contributed by atoms with Gasteiger partial charge in [0.15, 0.2) is 5.69 Å². The van der Waals surface area contributed by atoms with Gasteiger partial charge >= 0.3 is 0 Å². The van der Waals surface area contributed by atoms with Crippen LogP contribution in [0.2, 0.25) is 0 Å². The van der Waals surface area contributed by atoms with Crippen LogP contribution in [0.5, 0.6) is 0 Å². The third-order valence-corrected chi connectivity index (χ3v) is 2.63. The van der Waals surface area contributed by atoms with E-state index in [4.69, 9.17) is 17.2 Å². The number of benzene rings is 2. The third-order valence-electron chi connectivity index (χ3n) is 2.63. The first kappa shape index (κ1) is 11.3. The Kier molecular flexibility index (Phi) is 2.86. The van der Waals surface area contributed by atoms with E-state index in [2.05, 4.69) is 0 Å². The summed E-state index contributed by atoms with van der Waals surface area (Å²) in [7, 11) is 0. The Morgan fingerprint density at radius 1 is 0.765 bits per heavy atom. The third kappa shape index (κ3) is 2.15. The molecule has 0 aliphatic rings. The first-order chi connectivity index (χ1) is 8.11. The molecule has 0 radical (unpaired) electrons. The van der Waals surface area contributed by atoms with Gasteiger partial charge in [0.1, 0.15) is 0 Å². The summed E-state index contributed by atoms with van der Waals surface area (Å²) in [5, 5.41) is 10.7. The van der Waals surface area contributed by atoms with E-state index in [0.29, 0.717) is 22.7 Å². The lowest BCUT2D eigenvalue weighted by atomic mass is 10.0. The Bertz CT molecular complexity index is 554. The topological polar surface area (TPSA) is 118 Å². The van der Waals surface area contributed by atoms with Gasteiger partial charge in [0.25, 0.3) is 0 Å². The molecule has 0 bridgehead atoms. The minimum atomic E-state index is 0.452. The van der Waals surface area contributed by atoms with Crippen molar-refractivity contribution in [3.05, 3.63) is 41.6 Å². The molecule has 5 heteroatoms. The predicted octanol–water partition coefficient (Wildman–Crippen LogP) is 0.793. The van der Waals surface area contributed by atoms with Crippen molar-refractivity contribution < 1.29 is 5.48 Å². The SMILES string of the molecule is Nc1ccc(-c2ccc([NH2+][O-])c(N)c2)cc1N. The van der Waals surface area contributed by atoms with Crippen LogP contribution in [0.3, 0.4) is 0 Å². The van der Waals surface area contributed by atoms with E-state index in [9.17, 15) is 5.21 Å². The second kappa shape index (κ2) is 4.32. The molecule has 0 aliphatic carbocycles. The van der Waals surface area contributed by atoms with Crippen LogP contribution in [0.15, 0.2) is 36.4 Å². The van der Waals surface area contributed by atoms with Crippen LogP contribution < -0.4 is 22.7 Å². The molecule has 0 aliphatic heterocycles. The van der Waals surface area contributed by atoms with Crippen molar-refractivity contribution in [2.75, 3.05) is 17.2 Å². The van der Waals surface area contributed by atoms with Gasteiger partial charge in [-0.1, -0.05) is 6.07 Å². The monoisotopic (exact) mass is 230 g/mol. The van der Waals surface area contributed by atoms with Crippen LogP contribution >= 0.6 is 0 Å². The van der Waals surface area contributed by atoms with E-state index < -0.39 is 0 Å². The van der Waals surface area contributed by atoms with Gasteiger partial charge < -0.3 is 27.9 Å². The van der Waals surface area contributed by atoms with E-state index in [1.165, 1.54) is 0 Å². The fourth-order valence-corrected chi connectivity index (χ4v) is 1.62. The van der Waals surface area contributed by atoms with Crippen LogP contribution in [0.25, 0.3) is 11.1 Å². The maximum absolute atomic E-state index is 10.7. The quantitative estimate of drug-likeness (QED) is 0.450. The zero-order valence-electron chi connectivity index (χ0n) is 9.18. The van der Waals surface area contributed by atoms with Gasteiger partial charge in [0.05, 0.1) is 17.1 Å². The lowest BCUT2D eigenvalue weighted by Gasteiger charge is -2.09. The summed E-state index contributed by atoms with van der Waals surface area (Å²) in [6, 6.07) is 10.6. The van der Waals surface area contributed by atoms with Gasteiger partial charge in [-0.3, -0.25) is 0 Å². The van der Waals surface area contributed by atoms with Crippen molar-refractivity contribution in [2.45, 2.75) is 0 Å². The molecular weight excluding hydrogens is 216 g/mol. The van der Waals surface area contributed by atoms with E-state index in [0.717, 1.165) is 16.6 Å². The van der Waals surface area contributed by atoms with Crippen LogP contribution in [-0.4, -0.2) is 0 Å². The maximum Gasteiger partial charge on any atom is 0.152 e. The van der Waals surface area contributed by atoms with E-state index >= 15 is 0 Å². The first-order valence-electron chi connectivity index (χ1n) is 5.12. The molecule has 2 aromatic carbocycles. The number of hydrogen-bond acceptors (Lipinski definition) is 4. The lowest BCUT2D eigenvalue weighted by Crippen LogP contribution is -2.70. The Morgan fingerprint density at radius 3 is 1.88 bits per heavy atom. The molecule has 0 heterocycles. The average Bonchev–Trinajstić information content (AvgIpc) is 2.32. The first-order valence-corrected chi connectivity index (χ1v) is 5.12. The molecule has 0 saturated heterocycles. The fourth-order valence-electron chi connectivity index (χ4n) is 1.62. The molecule has 0 spiro atoms. The molecule has 0 fully saturated rings. The Labute approximate surface area is 98.8 Å². The molecule has 8 N–H and O–H groups in total. The summed E-state index contributed by atoms with van der Waals surface area (Å²) in [5.41, 5.74) is 21.7. The molecule has 17 heavy (non-hydrogen) atoms. The summed E-state index contributed by atoms with van der Waals surface area (Å²) in [5.74, 6) is 0. The van der Waals surface area contributed by atoms with Gasteiger partial charge in [-0.15, -0.1) is 0 Å². The molecule has 0 saturated carbocycles. The van der Waals surface area contributed by atoms with Crippen LogP contribution in [0.1, 0.15) is 0 Å². The smallest absolute Gasteiger partial charge is 0.152 e. The zero-order chi connectivity index (χ0) is 12.4. The van der Waals surface area contributed by atoms with Gasteiger partial charge in [-0.2, -0.15) is 0 Å². The van der Waals surface area contributed by atoms with E-state index in [-0.39, 0.29) is 0 Å². The highest BCUT2D eigenvalue weighted by molar-refractivity contribution is 5.77. The highest BCUT2D eigenvalue weighted by Crippen LogP contribution is 2.28. The van der Waals surface area contributed by atoms with Crippen molar-refractivity contribution in [1.29, 1.82) is 0 Å². The van der Waals surface area contributed by atoms with Gasteiger partial charge in [0, 0.05) is 6.07 Å². The molecule has 2 aromatic rings. The second-order valence-electron chi connectivity index (χ2n) is 3.81. The highest BCUT2D eigenvalue weighted by Gasteiger charge is 2.04. The predicted molar refractivity (Wildman–Crippen MR) is 70.1 cm³/mol. The summed E-state index contributed by atoms with van der Waals surface area (Å²) < 4.78 is 0. The van der Waals surface area contributed by atoms with Gasteiger partial charge in [-0.05, 0) is 35.4 Å². The molecule has 88 valence electrons. The Balaban J connectivity index is 2.46. The van der Waals surface area contributed by atoms with Crippen molar-refractivity contribution >= 4 is 22.7 Å². The van der Waals surface area contributed by atoms with Crippen LogP contribution in [0.4, 0.5) is 22.7 Å². The Morgan fingerprint density at radius 2 is 1.35 bits per heavy atom. The number of quaternary nitrogens is 1. The number of hydrogen-bond donors (Lipinski definition) is 4. The number of anilines is 3. The maximum atomic E-state index is 10.7. The summed E-state index contributed by atoms with van der Waals surface area (Å²) in [6.07, 6.45) is 0. The van der Waals surface area contributed by atoms with E-state index in [1.54, 1.807) is 24.3 Å². The van der Waals surface area contributed by atoms with Crippen molar-refractivity contribution in [2.24, 2.45) is 0 Å². The van der Waals surface area contributed by atoms with Crippen molar-refractivity contribution in [1.82, 2.24) is 0 Å². The number of nitrogens with two attached hydrogens (primary N) is 4. The van der Waals surface area contributed by atoms with Crippen LogP contribution in [-0.2, 0) is 0 Å². The minimum absolute atomic E-state index is 0.452. The summed E-state index contributed by atoms with van der Waals surface area (Å²) in [4.78, 5) is 0. The summed E-state index contributed by atoms with van der Waals surface area (Å²) >= 11 is 0. The highest BCUT2D eigenvalue weighted by atomic mass is 16.5. The second-order valence-corrected chi connectivity index (χ2v) is 3.81.